The van der Waals surface area contributed by atoms with Gasteiger partial charge in [-0.05, 0) is 24.8 Å². The zero-order chi connectivity index (χ0) is 15.9. The van der Waals surface area contributed by atoms with E-state index in [2.05, 4.69) is 0 Å². The van der Waals surface area contributed by atoms with Crippen molar-refractivity contribution in [3.05, 3.63) is 35.6 Å². The van der Waals surface area contributed by atoms with Crippen LogP contribution in [0.25, 0.3) is 0 Å². The smallest absolute Gasteiger partial charge is 0.306 e. The zero-order valence-electron chi connectivity index (χ0n) is 12.9. The van der Waals surface area contributed by atoms with Crippen molar-refractivity contribution < 1.29 is 18.7 Å². The second-order valence-corrected chi connectivity index (χ2v) is 5.86. The summed E-state index contributed by atoms with van der Waals surface area (Å²) in [5.41, 5.74) is 0.440. The number of likely N-dealkylation sites (N-methyl/N-ethyl adjacent to an activating group) is 1. The van der Waals surface area contributed by atoms with E-state index in [1.54, 1.807) is 25.2 Å². The summed E-state index contributed by atoms with van der Waals surface area (Å²) in [6, 6.07) is 6.31. The fourth-order valence-electron chi connectivity index (χ4n) is 2.73. The van der Waals surface area contributed by atoms with E-state index in [9.17, 15) is 14.0 Å². The van der Waals surface area contributed by atoms with E-state index in [0.29, 0.717) is 17.9 Å². The second kappa shape index (κ2) is 7.92. The van der Waals surface area contributed by atoms with Gasteiger partial charge in [0.25, 0.3) is 5.91 Å². The minimum atomic E-state index is -0.347. The molecule has 0 heterocycles. The largest absolute Gasteiger partial charge is 0.456 e. The number of rotatable bonds is 6. The molecule has 1 aliphatic rings. The second-order valence-electron chi connectivity index (χ2n) is 5.86. The summed E-state index contributed by atoms with van der Waals surface area (Å²) < 4.78 is 18.6. The summed E-state index contributed by atoms with van der Waals surface area (Å²) in [6.07, 6.45) is 4.86. The monoisotopic (exact) mass is 307 g/mol. The van der Waals surface area contributed by atoms with Crippen molar-refractivity contribution in [3.63, 3.8) is 0 Å². The van der Waals surface area contributed by atoms with Gasteiger partial charge in [0, 0.05) is 25.6 Å². The van der Waals surface area contributed by atoms with Gasteiger partial charge in [-0.1, -0.05) is 31.0 Å². The molecule has 1 fully saturated rings. The lowest BCUT2D eigenvalue weighted by molar-refractivity contribution is -0.152. The Morgan fingerprint density at radius 2 is 1.95 bits per heavy atom. The van der Waals surface area contributed by atoms with E-state index >= 15 is 0 Å². The number of benzene rings is 1. The third-order valence-corrected chi connectivity index (χ3v) is 4.08. The first kappa shape index (κ1) is 16.5. The molecule has 0 bridgehead atoms. The molecule has 22 heavy (non-hydrogen) atoms. The van der Waals surface area contributed by atoms with Crippen LogP contribution in [0, 0.1) is 11.7 Å². The SMILES string of the molecule is CN(Cc1ccccc1F)C(=O)COC(=O)CC1CCCC1. The topological polar surface area (TPSA) is 46.6 Å². The number of hydrogen-bond acceptors (Lipinski definition) is 3. The molecule has 1 amide bonds. The first-order chi connectivity index (χ1) is 10.6. The summed E-state index contributed by atoms with van der Waals surface area (Å²) in [7, 11) is 1.57. The van der Waals surface area contributed by atoms with Crippen LogP contribution in [-0.4, -0.2) is 30.4 Å². The van der Waals surface area contributed by atoms with Crippen molar-refractivity contribution in [1.82, 2.24) is 4.90 Å². The van der Waals surface area contributed by atoms with E-state index < -0.39 is 0 Å². The zero-order valence-corrected chi connectivity index (χ0v) is 12.9. The number of nitrogens with zero attached hydrogens (tertiary/aromatic N) is 1. The van der Waals surface area contributed by atoms with Gasteiger partial charge in [0.2, 0.25) is 0 Å². The van der Waals surface area contributed by atoms with Crippen LogP contribution in [-0.2, 0) is 20.9 Å². The van der Waals surface area contributed by atoms with Crippen molar-refractivity contribution in [3.8, 4) is 0 Å². The number of esters is 1. The summed E-state index contributed by atoms with van der Waals surface area (Å²) in [5, 5.41) is 0. The molecule has 0 atom stereocenters. The molecule has 0 saturated heterocycles. The number of halogens is 1. The molecule has 1 aromatic carbocycles. The van der Waals surface area contributed by atoms with Crippen LogP contribution in [0.5, 0.6) is 0 Å². The molecular formula is C17H22FNO3. The molecule has 1 saturated carbocycles. The molecule has 0 aliphatic heterocycles. The van der Waals surface area contributed by atoms with E-state index in [-0.39, 0.29) is 30.8 Å². The third kappa shape index (κ3) is 4.83. The lowest BCUT2D eigenvalue weighted by Gasteiger charge is -2.18. The van der Waals surface area contributed by atoms with Crippen LogP contribution in [0.15, 0.2) is 24.3 Å². The van der Waals surface area contributed by atoms with E-state index in [1.165, 1.54) is 23.8 Å². The Balaban J connectivity index is 1.74. The maximum Gasteiger partial charge on any atom is 0.306 e. The van der Waals surface area contributed by atoms with Crippen LogP contribution >= 0.6 is 0 Å². The van der Waals surface area contributed by atoms with Crippen molar-refractivity contribution in [2.45, 2.75) is 38.6 Å². The number of hydrogen-bond donors (Lipinski definition) is 0. The highest BCUT2D eigenvalue weighted by Gasteiger charge is 2.20. The van der Waals surface area contributed by atoms with Gasteiger partial charge in [-0.3, -0.25) is 9.59 Å². The first-order valence-corrected chi connectivity index (χ1v) is 7.69. The molecule has 0 unspecified atom stereocenters. The summed E-state index contributed by atoms with van der Waals surface area (Å²) in [6.45, 7) is -0.123. The Labute approximate surface area is 130 Å². The van der Waals surface area contributed by atoms with Crippen LogP contribution < -0.4 is 0 Å². The standard InChI is InChI=1S/C17H22FNO3/c1-19(11-14-8-4-5-9-15(14)18)16(20)12-22-17(21)10-13-6-2-3-7-13/h4-5,8-9,13H,2-3,6-7,10-12H2,1H3. The molecule has 1 aliphatic carbocycles. The fourth-order valence-corrected chi connectivity index (χ4v) is 2.73. The Morgan fingerprint density at radius 3 is 2.64 bits per heavy atom. The van der Waals surface area contributed by atoms with Crippen LogP contribution in [0.1, 0.15) is 37.7 Å². The van der Waals surface area contributed by atoms with Crippen molar-refractivity contribution >= 4 is 11.9 Å². The van der Waals surface area contributed by atoms with Crippen LogP contribution in [0.3, 0.4) is 0 Å². The summed E-state index contributed by atoms with van der Waals surface area (Å²) in [4.78, 5) is 25.0. The fraction of sp³-hybridized carbons (Fsp3) is 0.529. The highest BCUT2D eigenvalue weighted by Crippen LogP contribution is 2.27. The lowest BCUT2D eigenvalue weighted by Crippen LogP contribution is -2.31. The quantitative estimate of drug-likeness (QED) is 0.759. The maximum atomic E-state index is 13.5. The molecule has 4 nitrogen and oxygen atoms in total. The molecule has 120 valence electrons. The molecule has 0 spiro atoms. The van der Waals surface area contributed by atoms with Gasteiger partial charge in [0.1, 0.15) is 5.82 Å². The Hall–Kier alpha value is -1.91. The number of amides is 1. The summed E-state index contributed by atoms with van der Waals surface area (Å²) in [5.74, 6) is -0.596. The minimum Gasteiger partial charge on any atom is -0.456 e. The number of ether oxygens (including phenoxy) is 1. The van der Waals surface area contributed by atoms with Crippen molar-refractivity contribution in [2.75, 3.05) is 13.7 Å². The molecular weight excluding hydrogens is 285 g/mol. The van der Waals surface area contributed by atoms with Crippen LogP contribution in [0.4, 0.5) is 4.39 Å². The first-order valence-electron chi connectivity index (χ1n) is 7.69. The predicted octanol–water partition coefficient (Wildman–Crippen LogP) is 2.91. The van der Waals surface area contributed by atoms with Gasteiger partial charge in [0.15, 0.2) is 6.61 Å². The Kier molecular flexibility index (Phi) is 5.92. The van der Waals surface area contributed by atoms with Crippen LogP contribution in [0.2, 0.25) is 0 Å². The van der Waals surface area contributed by atoms with Gasteiger partial charge >= 0.3 is 5.97 Å². The Bertz CT molecular complexity index is 526. The molecule has 1 aromatic rings. The Morgan fingerprint density at radius 1 is 1.27 bits per heavy atom. The molecule has 0 N–H and O–H groups in total. The van der Waals surface area contributed by atoms with E-state index in [4.69, 9.17) is 4.74 Å². The van der Waals surface area contributed by atoms with Gasteiger partial charge < -0.3 is 9.64 Å². The van der Waals surface area contributed by atoms with E-state index in [0.717, 1.165) is 12.8 Å². The molecule has 2 rings (SSSR count). The highest BCUT2D eigenvalue weighted by molar-refractivity contribution is 5.80. The van der Waals surface area contributed by atoms with Crippen molar-refractivity contribution in [1.29, 1.82) is 0 Å². The number of carbonyl (C=O) groups is 2. The molecule has 5 heteroatoms. The third-order valence-electron chi connectivity index (χ3n) is 4.08. The minimum absolute atomic E-state index is 0.158. The van der Waals surface area contributed by atoms with Gasteiger partial charge in [-0.25, -0.2) is 4.39 Å². The maximum absolute atomic E-state index is 13.5. The molecule has 0 radical (unpaired) electrons. The normalized spacial score (nSPS) is 14.8. The summed E-state index contributed by atoms with van der Waals surface area (Å²) >= 11 is 0. The lowest BCUT2D eigenvalue weighted by atomic mass is 10.0. The van der Waals surface area contributed by atoms with Gasteiger partial charge in [0.05, 0.1) is 0 Å². The van der Waals surface area contributed by atoms with Gasteiger partial charge in [-0.2, -0.15) is 0 Å². The highest BCUT2D eigenvalue weighted by atomic mass is 19.1. The number of carbonyl (C=O) groups excluding carboxylic acids is 2. The van der Waals surface area contributed by atoms with E-state index in [1.807, 2.05) is 0 Å². The average Bonchev–Trinajstić information content (AvgIpc) is 3.00. The molecule has 0 aromatic heterocycles. The predicted molar refractivity (Wildman–Crippen MR) is 80.4 cm³/mol. The van der Waals surface area contributed by atoms with Crippen molar-refractivity contribution in [2.24, 2.45) is 5.92 Å². The van der Waals surface area contributed by atoms with Gasteiger partial charge in [-0.15, -0.1) is 0 Å². The average molecular weight is 307 g/mol.